The first-order chi connectivity index (χ1) is 7.98. The SMILES string of the molecule is CCCCS(=O)(=O)Nc1ccc(F)c(C#N)c1. The number of halogens is 1. The molecule has 0 bridgehead atoms. The molecular formula is C11H13FN2O2S. The minimum atomic E-state index is -3.42. The van der Waals surface area contributed by atoms with E-state index < -0.39 is 15.8 Å². The fraction of sp³-hybridized carbons (Fsp3) is 0.364. The standard InChI is InChI=1S/C11H13FN2O2S/c1-2-3-6-17(15,16)14-10-4-5-11(12)9(7-10)8-13/h4-5,7,14H,2-3,6H2,1H3. The van der Waals surface area contributed by atoms with Crippen molar-refractivity contribution in [3.8, 4) is 6.07 Å². The first-order valence-electron chi connectivity index (χ1n) is 5.18. The Morgan fingerprint density at radius 3 is 2.76 bits per heavy atom. The summed E-state index contributed by atoms with van der Waals surface area (Å²) in [6, 6.07) is 5.19. The summed E-state index contributed by atoms with van der Waals surface area (Å²) in [5.41, 5.74) is 0.0275. The van der Waals surface area contributed by atoms with Gasteiger partial charge in [-0.05, 0) is 24.6 Å². The Morgan fingerprint density at radius 2 is 2.18 bits per heavy atom. The number of sulfonamides is 1. The van der Waals surface area contributed by atoms with E-state index in [0.29, 0.717) is 6.42 Å². The molecule has 1 N–H and O–H groups in total. The molecule has 0 spiro atoms. The Labute approximate surface area is 100 Å². The van der Waals surface area contributed by atoms with Crippen molar-refractivity contribution >= 4 is 15.7 Å². The lowest BCUT2D eigenvalue weighted by Crippen LogP contribution is -2.16. The molecule has 0 radical (unpaired) electrons. The summed E-state index contributed by atoms with van der Waals surface area (Å²) in [6.45, 7) is 1.89. The number of nitrogens with zero attached hydrogens (tertiary/aromatic N) is 1. The molecule has 0 heterocycles. The van der Waals surface area contributed by atoms with Crippen LogP contribution in [0.15, 0.2) is 18.2 Å². The molecule has 0 amide bonds. The Bertz CT molecular complexity index is 535. The predicted octanol–water partition coefficient (Wildman–Crippen LogP) is 2.24. The lowest BCUT2D eigenvalue weighted by atomic mass is 10.2. The predicted molar refractivity (Wildman–Crippen MR) is 63.4 cm³/mol. The molecule has 0 aromatic heterocycles. The third kappa shape index (κ3) is 4.04. The zero-order chi connectivity index (χ0) is 12.9. The topological polar surface area (TPSA) is 70.0 Å². The summed E-state index contributed by atoms with van der Waals surface area (Å²) in [5, 5.41) is 8.62. The van der Waals surface area contributed by atoms with Gasteiger partial charge < -0.3 is 0 Å². The summed E-state index contributed by atoms with van der Waals surface area (Å²) in [5.74, 6) is -0.646. The van der Waals surface area contributed by atoms with Gasteiger partial charge in [0.1, 0.15) is 11.9 Å². The zero-order valence-electron chi connectivity index (χ0n) is 9.40. The number of rotatable bonds is 5. The number of unbranched alkanes of at least 4 members (excludes halogenated alkanes) is 1. The molecule has 0 aliphatic carbocycles. The quantitative estimate of drug-likeness (QED) is 0.878. The van der Waals surface area contributed by atoms with E-state index in [1.165, 1.54) is 12.1 Å². The van der Waals surface area contributed by atoms with E-state index in [2.05, 4.69) is 4.72 Å². The minimum absolute atomic E-state index is 0.0166. The lowest BCUT2D eigenvalue weighted by Gasteiger charge is -2.07. The summed E-state index contributed by atoms with van der Waals surface area (Å²) in [6.07, 6.45) is 1.33. The van der Waals surface area contributed by atoms with Crippen molar-refractivity contribution in [1.82, 2.24) is 0 Å². The van der Waals surface area contributed by atoms with E-state index in [1.807, 2.05) is 6.92 Å². The first kappa shape index (κ1) is 13.5. The summed E-state index contributed by atoms with van der Waals surface area (Å²) in [4.78, 5) is 0. The number of hydrogen-bond donors (Lipinski definition) is 1. The van der Waals surface area contributed by atoms with Gasteiger partial charge in [0.15, 0.2) is 0 Å². The second kappa shape index (κ2) is 5.64. The van der Waals surface area contributed by atoms with E-state index in [9.17, 15) is 12.8 Å². The van der Waals surface area contributed by atoms with Crippen LogP contribution in [0.5, 0.6) is 0 Å². The lowest BCUT2D eigenvalue weighted by molar-refractivity contribution is 0.597. The summed E-state index contributed by atoms with van der Waals surface area (Å²) in [7, 11) is -3.42. The number of nitriles is 1. The highest BCUT2D eigenvalue weighted by molar-refractivity contribution is 7.92. The number of benzene rings is 1. The molecule has 17 heavy (non-hydrogen) atoms. The Hall–Kier alpha value is -1.61. The normalized spacial score (nSPS) is 10.9. The molecule has 0 aliphatic heterocycles. The van der Waals surface area contributed by atoms with Gasteiger partial charge >= 0.3 is 0 Å². The van der Waals surface area contributed by atoms with Crippen molar-refractivity contribution in [3.05, 3.63) is 29.6 Å². The monoisotopic (exact) mass is 256 g/mol. The average Bonchev–Trinajstić information content (AvgIpc) is 2.29. The Balaban J connectivity index is 2.86. The van der Waals surface area contributed by atoms with Crippen LogP contribution >= 0.6 is 0 Å². The van der Waals surface area contributed by atoms with Crippen LogP contribution in [0, 0.1) is 17.1 Å². The third-order valence-electron chi connectivity index (χ3n) is 2.13. The van der Waals surface area contributed by atoms with Crippen LogP contribution in [0.1, 0.15) is 25.3 Å². The van der Waals surface area contributed by atoms with Crippen molar-refractivity contribution in [2.75, 3.05) is 10.5 Å². The Morgan fingerprint density at radius 1 is 1.47 bits per heavy atom. The van der Waals surface area contributed by atoms with E-state index in [1.54, 1.807) is 6.07 Å². The number of anilines is 1. The first-order valence-corrected chi connectivity index (χ1v) is 6.84. The summed E-state index contributed by atoms with van der Waals surface area (Å²) >= 11 is 0. The third-order valence-corrected chi connectivity index (χ3v) is 3.50. The van der Waals surface area contributed by atoms with E-state index >= 15 is 0 Å². The molecule has 0 unspecified atom stereocenters. The van der Waals surface area contributed by atoms with Crippen LogP contribution < -0.4 is 4.72 Å². The van der Waals surface area contributed by atoms with Crippen molar-refractivity contribution in [2.24, 2.45) is 0 Å². The largest absolute Gasteiger partial charge is 0.284 e. The average molecular weight is 256 g/mol. The molecule has 0 saturated carbocycles. The maximum atomic E-state index is 13.0. The molecule has 4 nitrogen and oxygen atoms in total. The smallest absolute Gasteiger partial charge is 0.232 e. The van der Waals surface area contributed by atoms with Gasteiger partial charge in [-0.15, -0.1) is 0 Å². The van der Waals surface area contributed by atoms with Crippen molar-refractivity contribution in [3.63, 3.8) is 0 Å². The number of hydrogen-bond acceptors (Lipinski definition) is 3. The fourth-order valence-electron chi connectivity index (χ4n) is 1.24. The molecule has 1 aromatic carbocycles. The van der Waals surface area contributed by atoms with Crippen LogP contribution in [0.25, 0.3) is 0 Å². The van der Waals surface area contributed by atoms with Crippen molar-refractivity contribution < 1.29 is 12.8 Å². The van der Waals surface area contributed by atoms with Gasteiger partial charge in [0.05, 0.1) is 11.3 Å². The van der Waals surface area contributed by atoms with Crippen molar-refractivity contribution in [2.45, 2.75) is 19.8 Å². The highest BCUT2D eigenvalue weighted by atomic mass is 32.2. The van der Waals surface area contributed by atoms with Crippen molar-refractivity contribution in [1.29, 1.82) is 5.26 Å². The van der Waals surface area contributed by atoms with Gasteiger partial charge in [-0.2, -0.15) is 5.26 Å². The van der Waals surface area contributed by atoms with Crippen LogP contribution in [0.3, 0.4) is 0 Å². The molecule has 0 atom stereocenters. The van der Waals surface area contributed by atoms with E-state index in [0.717, 1.165) is 12.5 Å². The minimum Gasteiger partial charge on any atom is -0.284 e. The van der Waals surface area contributed by atoms with Crippen LogP contribution in [0.4, 0.5) is 10.1 Å². The zero-order valence-corrected chi connectivity index (χ0v) is 10.2. The maximum absolute atomic E-state index is 13.0. The molecular weight excluding hydrogens is 243 g/mol. The number of nitrogens with one attached hydrogen (secondary N) is 1. The molecule has 0 fully saturated rings. The molecule has 1 aromatic rings. The second-order valence-electron chi connectivity index (χ2n) is 3.58. The molecule has 0 saturated heterocycles. The van der Waals surface area contributed by atoms with Gasteiger partial charge in [-0.25, -0.2) is 12.8 Å². The highest BCUT2D eigenvalue weighted by Gasteiger charge is 2.11. The van der Waals surface area contributed by atoms with E-state index in [4.69, 9.17) is 5.26 Å². The Kier molecular flexibility index (Phi) is 4.46. The fourth-order valence-corrected chi connectivity index (χ4v) is 2.50. The van der Waals surface area contributed by atoms with Crippen LogP contribution in [-0.2, 0) is 10.0 Å². The maximum Gasteiger partial charge on any atom is 0.232 e. The molecule has 1 rings (SSSR count). The molecule has 6 heteroatoms. The highest BCUT2D eigenvalue weighted by Crippen LogP contribution is 2.15. The van der Waals surface area contributed by atoms with E-state index in [-0.39, 0.29) is 17.0 Å². The van der Waals surface area contributed by atoms with Gasteiger partial charge in [-0.1, -0.05) is 13.3 Å². The molecule has 92 valence electrons. The van der Waals surface area contributed by atoms with Gasteiger partial charge in [0.2, 0.25) is 10.0 Å². The summed E-state index contributed by atoms with van der Waals surface area (Å²) < 4.78 is 38.4. The molecule has 0 aliphatic rings. The van der Waals surface area contributed by atoms with Gasteiger partial charge in [-0.3, -0.25) is 4.72 Å². The van der Waals surface area contributed by atoms with Gasteiger partial charge in [0, 0.05) is 5.69 Å². The second-order valence-corrected chi connectivity index (χ2v) is 5.42. The van der Waals surface area contributed by atoms with Crippen LogP contribution in [-0.4, -0.2) is 14.2 Å². The van der Waals surface area contributed by atoms with Gasteiger partial charge in [0.25, 0.3) is 0 Å². The van der Waals surface area contributed by atoms with Crippen LogP contribution in [0.2, 0.25) is 0 Å².